The van der Waals surface area contributed by atoms with Gasteiger partial charge in [-0.25, -0.2) is 4.79 Å². The second-order valence-corrected chi connectivity index (χ2v) is 9.29. The summed E-state index contributed by atoms with van der Waals surface area (Å²) in [6.45, 7) is 8.23. The van der Waals surface area contributed by atoms with Crippen LogP contribution in [-0.4, -0.2) is 37.0 Å². The zero-order valence-electron chi connectivity index (χ0n) is 20.9. The van der Waals surface area contributed by atoms with Gasteiger partial charge in [0.2, 0.25) is 0 Å². The summed E-state index contributed by atoms with van der Waals surface area (Å²) in [6, 6.07) is 17.0. The second kappa shape index (κ2) is 10.5. The van der Waals surface area contributed by atoms with Crippen LogP contribution in [0.15, 0.2) is 60.7 Å². The molecule has 186 valence electrons. The number of aryl methyl sites for hydroxylation is 2. The van der Waals surface area contributed by atoms with Gasteiger partial charge in [0.1, 0.15) is 0 Å². The Bertz CT molecular complexity index is 1320. The van der Waals surface area contributed by atoms with Crippen molar-refractivity contribution in [3.63, 3.8) is 0 Å². The smallest absolute Gasteiger partial charge is 0.414 e. The molecule has 3 aromatic rings. The highest BCUT2D eigenvalue weighted by atomic mass is 35.5. The number of benzene rings is 3. The number of ether oxygens (including phenoxy) is 1. The molecule has 0 aliphatic carbocycles. The Morgan fingerprint density at radius 1 is 0.917 bits per heavy atom. The first-order valence-electron chi connectivity index (χ1n) is 12.0. The summed E-state index contributed by atoms with van der Waals surface area (Å²) in [6.07, 6.45) is 0.194. The lowest BCUT2D eigenvalue weighted by Crippen LogP contribution is -2.53. The molecule has 7 heteroatoms. The van der Waals surface area contributed by atoms with Gasteiger partial charge in [-0.1, -0.05) is 36.7 Å². The van der Waals surface area contributed by atoms with Crippen molar-refractivity contribution >= 4 is 40.8 Å². The van der Waals surface area contributed by atoms with Crippen molar-refractivity contribution < 1.29 is 19.1 Å². The first-order chi connectivity index (χ1) is 17.3. The van der Waals surface area contributed by atoms with Crippen LogP contribution in [0.2, 0.25) is 5.02 Å². The molecule has 36 heavy (non-hydrogen) atoms. The number of ketones is 1. The normalized spacial score (nSPS) is 14.9. The molecule has 4 rings (SSSR count). The number of carbonyl (C=O) groups is 3. The van der Waals surface area contributed by atoms with Crippen molar-refractivity contribution in [1.29, 1.82) is 0 Å². The summed E-state index contributed by atoms with van der Waals surface area (Å²) < 4.78 is 5.36. The number of nitrogens with zero attached hydrogens (tertiary/aromatic N) is 2. The molecular formula is C29H29ClN2O4. The molecule has 1 atom stereocenters. The van der Waals surface area contributed by atoms with Gasteiger partial charge in [0, 0.05) is 22.7 Å². The maximum absolute atomic E-state index is 14.1. The molecule has 1 heterocycles. The number of anilines is 2. The number of carbonyl (C=O) groups excluding carboxylic acids is 3. The third-order valence-corrected chi connectivity index (χ3v) is 6.84. The fourth-order valence-electron chi connectivity index (χ4n) is 4.50. The van der Waals surface area contributed by atoms with Crippen molar-refractivity contribution in [2.45, 2.75) is 40.2 Å². The Hall–Kier alpha value is -3.64. The summed E-state index contributed by atoms with van der Waals surface area (Å²) in [5.41, 5.74) is 4.32. The minimum Gasteiger partial charge on any atom is -0.449 e. The van der Waals surface area contributed by atoms with E-state index in [2.05, 4.69) is 0 Å². The van der Waals surface area contributed by atoms with E-state index >= 15 is 0 Å². The van der Waals surface area contributed by atoms with Crippen LogP contribution in [0.25, 0.3) is 0 Å². The monoisotopic (exact) mass is 504 g/mol. The van der Waals surface area contributed by atoms with Crippen LogP contribution in [0.3, 0.4) is 0 Å². The number of fused-ring (bicyclic) bond motifs is 1. The molecule has 0 saturated heterocycles. The molecule has 3 aromatic carbocycles. The standard InChI is InChI=1S/C29H29ClN2O4/c1-5-22-17-31(25-15-18(3)19(4)16-26(25)32(22)29(35)36-6-2)28(34)24-10-8-7-9-23(24)27(33)20-11-13-21(30)14-12-20/h7-16,22H,5-6,17H2,1-4H3. The maximum atomic E-state index is 14.1. The predicted octanol–water partition coefficient (Wildman–Crippen LogP) is 6.59. The van der Waals surface area contributed by atoms with Gasteiger partial charge in [0.05, 0.1) is 29.6 Å². The summed E-state index contributed by atoms with van der Waals surface area (Å²) in [7, 11) is 0. The van der Waals surface area contributed by atoms with Crippen LogP contribution in [0, 0.1) is 13.8 Å². The van der Waals surface area contributed by atoms with Crippen molar-refractivity contribution in [2.24, 2.45) is 0 Å². The molecular weight excluding hydrogens is 476 g/mol. The number of amides is 2. The van der Waals surface area contributed by atoms with Crippen molar-refractivity contribution in [2.75, 3.05) is 23.0 Å². The lowest BCUT2D eigenvalue weighted by molar-refractivity contribution is 0.0967. The van der Waals surface area contributed by atoms with Gasteiger partial charge in [-0.3, -0.25) is 14.5 Å². The fraction of sp³-hybridized carbons (Fsp3) is 0.276. The Labute approximate surface area is 216 Å². The molecule has 6 nitrogen and oxygen atoms in total. The number of rotatable bonds is 5. The third kappa shape index (κ3) is 4.73. The molecule has 0 bridgehead atoms. The highest BCUT2D eigenvalue weighted by molar-refractivity contribution is 6.30. The van der Waals surface area contributed by atoms with Crippen molar-refractivity contribution in [3.8, 4) is 0 Å². The average Bonchev–Trinajstić information content (AvgIpc) is 2.88. The highest BCUT2D eigenvalue weighted by Crippen LogP contribution is 2.40. The second-order valence-electron chi connectivity index (χ2n) is 8.85. The first-order valence-corrected chi connectivity index (χ1v) is 12.4. The zero-order valence-corrected chi connectivity index (χ0v) is 21.6. The predicted molar refractivity (Wildman–Crippen MR) is 142 cm³/mol. The molecule has 0 spiro atoms. The van der Waals surface area contributed by atoms with Crippen LogP contribution in [0.1, 0.15) is 57.7 Å². The van der Waals surface area contributed by atoms with Crippen LogP contribution < -0.4 is 9.80 Å². The van der Waals surface area contributed by atoms with Gasteiger partial charge in [0.25, 0.3) is 5.91 Å². The summed E-state index contributed by atoms with van der Waals surface area (Å²) in [4.78, 5) is 43.7. The molecule has 2 amide bonds. The minimum atomic E-state index is -0.431. The summed E-state index contributed by atoms with van der Waals surface area (Å²) in [5.74, 6) is -0.549. The SMILES string of the molecule is CCOC(=O)N1c2cc(C)c(C)cc2N(C(=O)c2ccccc2C(=O)c2ccc(Cl)cc2)CC1CC. The van der Waals surface area contributed by atoms with E-state index in [0.29, 0.717) is 39.5 Å². The van der Waals surface area contributed by atoms with Gasteiger partial charge >= 0.3 is 6.09 Å². The molecule has 1 aliphatic heterocycles. The quantitative estimate of drug-likeness (QED) is 0.367. The topological polar surface area (TPSA) is 66.9 Å². The summed E-state index contributed by atoms with van der Waals surface area (Å²) >= 11 is 5.99. The Kier molecular flexibility index (Phi) is 7.45. The molecule has 0 N–H and O–H groups in total. The van der Waals surface area contributed by atoms with E-state index in [0.717, 1.165) is 11.1 Å². The molecule has 0 aromatic heterocycles. The van der Waals surface area contributed by atoms with E-state index in [1.54, 1.807) is 65.3 Å². The van der Waals surface area contributed by atoms with E-state index in [4.69, 9.17) is 16.3 Å². The van der Waals surface area contributed by atoms with Crippen molar-refractivity contribution in [3.05, 3.63) is 93.5 Å². The minimum absolute atomic E-state index is 0.256. The van der Waals surface area contributed by atoms with Gasteiger partial charge < -0.3 is 9.64 Å². The Balaban J connectivity index is 1.81. The lowest BCUT2D eigenvalue weighted by atomic mass is 9.95. The van der Waals surface area contributed by atoms with Crippen LogP contribution in [0.4, 0.5) is 16.2 Å². The van der Waals surface area contributed by atoms with E-state index in [1.807, 2.05) is 32.9 Å². The maximum Gasteiger partial charge on any atom is 0.414 e. The lowest BCUT2D eigenvalue weighted by Gasteiger charge is -2.42. The summed E-state index contributed by atoms with van der Waals surface area (Å²) in [5, 5.41) is 0.531. The van der Waals surface area contributed by atoms with E-state index in [-0.39, 0.29) is 30.9 Å². The van der Waals surface area contributed by atoms with E-state index in [9.17, 15) is 14.4 Å². The van der Waals surface area contributed by atoms with E-state index < -0.39 is 6.09 Å². The number of halogens is 1. The van der Waals surface area contributed by atoms with Gasteiger partial charge in [-0.2, -0.15) is 0 Å². The molecule has 1 aliphatic rings. The van der Waals surface area contributed by atoms with E-state index in [1.165, 1.54) is 0 Å². The van der Waals surface area contributed by atoms with Gasteiger partial charge in [-0.15, -0.1) is 0 Å². The molecule has 0 saturated carbocycles. The Morgan fingerprint density at radius 2 is 1.53 bits per heavy atom. The number of hydrogen-bond donors (Lipinski definition) is 0. The van der Waals surface area contributed by atoms with Crippen LogP contribution >= 0.6 is 11.6 Å². The zero-order chi connectivity index (χ0) is 26.0. The fourth-order valence-corrected chi connectivity index (χ4v) is 4.62. The van der Waals surface area contributed by atoms with Crippen LogP contribution in [0.5, 0.6) is 0 Å². The molecule has 0 fully saturated rings. The average molecular weight is 505 g/mol. The Morgan fingerprint density at radius 3 is 2.14 bits per heavy atom. The van der Waals surface area contributed by atoms with Crippen molar-refractivity contribution in [1.82, 2.24) is 0 Å². The molecule has 0 radical (unpaired) electrons. The van der Waals surface area contributed by atoms with Gasteiger partial charge in [0.15, 0.2) is 5.78 Å². The highest BCUT2D eigenvalue weighted by Gasteiger charge is 2.38. The third-order valence-electron chi connectivity index (χ3n) is 6.59. The largest absolute Gasteiger partial charge is 0.449 e. The van der Waals surface area contributed by atoms with Gasteiger partial charge in [-0.05, 0) is 80.8 Å². The first kappa shape index (κ1) is 25.5. The number of hydrogen-bond acceptors (Lipinski definition) is 4. The van der Waals surface area contributed by atoms with Crippen LogP contribution in [-0.2, 0) is 4.74 Å². The molecule has 1 unspecified atom stereocenters.